The van der Waals surface area contributed by atoms with E-state index in [-0.39, 0.29) is 0 Å². The Bertz CT molecular complexity index is 137. The van der Waals surface area contributed by atoms with E-state index in [0.717, 1.165) is 0 Å². The van der Waals surface area contributed by atoms with Crippen molar-refractivity contribution >= 4 is 0 Å². The maximum atomic E-state index is 3.41. The van der Waals surface area contributed by atoms with Crippen molar-refractivity contribution in [2.75, 3.05) is 7.05 Å². The molecule has 11 heavy (non-hydrogen) atoms. The Morgan fingerprint density at radius 2 is 1.91 bits per heavy atom. The number of hydrogen-bond donors (Lipinski definition) is 1. The second kappa shape index (κ2) is 2.76. The summed E-state index contributed by atoms with van der Waals surface area (Å²) in [6.45, 7) is 9.14. The SMILES string of the molecule is CC1CC(C(C)(C)C)N(C)N1. The van der Waals surface area contributed by atoms with Crippen molar-refractivity contribution < 1.29 is 0 Å². The van der Waals surface area contributed by atoms with Crippen molar-refractivity contribution in [2.45, 2.75) is 46.2 Å². The fourth-order valence-electron chi connectivity index (χ4n) is 1.92. The van der Waals surface area contributed by atoms with Gasteiger partial charge in [-0.3, -0.25) is 5.43 Å². The fourth-order valence-corrected chi connectivity index (χ4v) is 1.92. The standard InChI is InChI=1S/C9H20N2/c1-7-6-8(9(2,3)4)11(5)10-7/h7-8,10H,6H2,1-5H3. The first-order valence-electron chi connectivity index (χ1n) is 4.40. The van der Waals surface area contributed by atoms with E-state index < -0.39 is 0 Å². The van der Waals surface area contributed by atoms with E-state index in [0.29, 0.717) is 17.5 Å². The smallest absolute Gasteiger partial charge is 0.0304 e. The normalized spacial score (nSPS) is 34.6. The van der Waals surface area contributed by atoms with Crippen molar-refractivity contribution in [2.24, 2.45) is 5.41 Å². The van der Waals surface area contributed by atoms with Crippen LogP contribution in [0.25, 0.3) is 0 Å². The molecule has 0 aromatic rings. The monoisotopic (exact) mass is 156 g/mol. The van der Waals surface area contributed by atoms with Crippen LogP contribution in [0, 0.1) is 5.41 Å². The molecule has 1 aliphatic rings. The summed E-state index contributed by atoms with van der Waals surface area (Å²) in [6, 6.07) is 1.32. The highest BCUT2D eigenvalue weighted by molar-refractivity contribution is 4.88. The van der Waals surface area contributed by atoms with Gasteiger partial charge >= 0.3 is 0 Å². The molecule has 0 aromatic heterocycles. The van der Waals surface area contributed by atoms with Gasteiger partial charge in [0.2, 0.25) is 0 Å². The number of hydrogen-bond acceptors (Lipinski definition) is 2. The molecule has 1 N–H and O–H groups in total. The van der Waals surface area contributed by atoms with E-state index in [1.165, 1.54) is 6.42 Å². The van der Waals surface area contributed by atoms with E-state index in [4.69, 9.17) is 0 Å². The third-order valence-corrected chi connectivity index (χ3v) is 2.47. The van der Waals surface area contributed by atoms with Gasteiger partial charge in [-0.25, -0.2) is 5.01 Å². The molecule has 2 unspecified atom stereocenters. The van der Waals surface area contributed by atoms with Gasteiger partial charge in [-0.05, 0) is 18.8 Å². The summed E-state index contributed by atoms with van der Waals surface area (Å²) in [5.74, 6) is 0. The fraction of sp³-hybridized carbons (Fsp3) is 1.00. The highest BCUT2D eigenvalue weighted by Crippen LogP contribution is 2.29. The van der Waals surface area contributed by atoms with Gasteiger partial charge < -0.3 is 0 Å². The lowest BCUT2D eigenvalue weighted by molar-refractivity contribution is 0.131. The van der Waals surface area contributed by atoms with E-state index in [1.54, 1.807) is 0 Å². The van der Waals surface area contributed by atoms with Gasteiger partial charge in [0.15, 0.2) is 0 Å². The lowest BCUT2D eigenvalue weighted by Gasteiger charge is -2.31. The highest BCUT2D eigenvalue weighted by atomic mass is 15.5. The van der Waals surface area contributed by atoms with Crippen LogP contribution in [-0.4, -0.2) is 24.1 Å². The number of nitrogens with zero attached hydrogens (tertiary/aromatic N) is 1. The van der Waals surface area contributed by atoms with E-state index in [9.17, 15) is 0 Å². The highest BCUT2D eigenvalue weighted by Gasteiger charge is 2.34. The largest absolute Gasteiger partial charge is 0.252 e. The van der Waals surface area contributed by atoms with Crippen molar-refractivity contribution in [3.8, 4) is 0 Å². The Kier molecular flexibility index (Phi) is 2.26. The third kappa shape index (κ3) is 1.94. The second-order valence-corrected chi connectivity index (χ2v) is 4.76. The van der Waals surface area contributed by atoms with Crippen LogP contribution in [0.3, 0.4) is 0 Å². The van der Waals surface area contributed by atoms with Crippen molar-refractivity contribution in [3.63, 3.8) is 0 Å². The summed E-state index contributed by atoms with van der Waals surface area (Å²) in [4.78, 5) is 0. The predicted molar refractivity (Wildman–Crippen MR) is 48.2 cm³/mol. The van der Waals surface area contributed by atoms with Gasteiger partial charge in [-0.15, -0.1) is 0 Å². The first-order valence-corrected chi connectivity index (χ1v) is 4.40. The lowest BCUT2D eigenvalue weighted by Crippen LogP contribution is -2.41. The first kappa shape index (κ1) is 9.01. The Morgan fingerprint density at radius 3 is 2.09 bits per heavy atom. The molecule has 66 valence electrons. The zero-order valence-corrected chi connectivity index (χ0v) is 8.31. The molecule has 0 bridgehead atoms. The summed E-state index contributed by atoms with van der Waals surface area (Å²) >= 11 is 0. The van der Waals surface area contributed by atoms with Crippen LogP contribution >= 0.6 is 0 Å². The van der Waals surface area contributed by atoms with Gasteiger partial charge in [0.1, 0.15) is 0 Å². The molecule has 1 fully saturated rings. The molecule has 0 spiro atoms. The van der Waals surface area contributed by atoms with E-state index >= 15 is 0 Å². The van der Waals surface area contributed by atoms with Crippen molar-refractivity contribution in [1.29, 1.82) is 0 Å². The molecule has 0 saturated carbocycles. The zero-order chi connectivity index (χ0) is 8.65. The van der Waals surface area contributed by atoms with Gasteiger partial charge in [-0.2, -0.15) is 0 Å². The summed E-state index contributed by atoms with van der Waals surface area (Å²) in [6.07, 6.45) is 1.26. The molecule has 2 nitrogen and oxygen atoms in total. The minimum Gasteiger partial charge on any atom is -0.252 e. The van der Waals surface area contributed by atoms with Crippen molar-refractivity contribution in [3.05, 3.63) is 0 Å². The maximum Gasteiger partial charge on any atom is 0.0304 e. The van der Waals surface area contributed by atoms with Crippen LogP contribution in [-0.2, 0) is 0 Å². The maximum absolute atomic E-state index is 3.41. The average molecular weight is 156 g/mol. The van der Waals surface area contributed by atoms with Crippen LogP contribution in [0.2, 0.25) is 0 Å². The summed E-state index contributed by atoms with van der Waals surface area (Å²) in [5, 5.41) is 2.25. The summed E-state index contributed by atoms with van der Waals surface area (Å²) in [5.41, 5.74) is 3.80. The van der Waals surface area contributed by atoms with E-state index in [2.05, 4.69) is 45.2 Å². The molecule has 0 aromatic carbocycles. The first-order chi connectivity index (χ1) is 4.91. The van der Waals surface area contributed by atoms with Crippen LogP contribution in [0.1, 0.15) is 34.1 Å². The molecule has 1 rings (SSSR count). The van der Waals surface area contributed by atoms with Crippen molar-refractivity contribution in [1.82, 2.24) is 10.4 Å². The average Bonchev–Trinajstić information content (AvgIpc) is 2.08. The van der Waals surface area contributed by atoms with E-state index in [1.807, 2.05) is 0 Å². The number of hydrazine groups is 1. The number of nitrogens with one attached hydrogen (secondary N) is 1. The van der Waals surface area contributed by atoms with Gasteiger partial charge in [-0.1, -0.05) is 20.8 Å². The Hall–Kier alpha value is -0.0800. The quantitative estimate of drug-likeness (QED) is 0.573. The lowest BCUT2D eigenvalue weighted by atomic mass is 9.84. The second-order valence-electron chi connectivity index (χ2n) is 4.76. The third-order valence-electron chi connectivity index (χ3n) is 2.47. The molecule has 1 aliphatic heterocycles. The molecule has 0 amide bonds. The topological polar surface area (TPSA) is 15.3 Å². The minimum absolute atomic E-state index is 0.395. The molecule has 2 heteroatoms. The summed E-state index contributed by atoms with van der Waals surface area (Å²) in [7, 11) is 2.14. The number of rotatable bonds is 0. The molecule has 1 saturated heterocycles. The van der Waals surface area contributed by atoms with Crippen LogP contribution in [0.5, 0.6) is 0 Å². The Balaban J connectivity index is 2.60. The molecule has 0 aliphatic carbocycles. The van der Waals surface area contributed by atoms with Crippen LogP contribution in [0.4, 0.5) is 0 Å². The van der Waals surface area contributed by atoms with Gasteiger partial charge in [0.05, 0.1) is 0 Å². The zero-order valence-electron chi connectivity index (χ0n) is 8.31. The van der Waals surface area contributed by atoms with Crippen LogP contribution < -0.4 is 5.43 Å². The summed E-state index contributed by atoms with van der Waals surface area (Å²) < 4.78 is 0. The molecule has 2 atom stereocenters. The van der Waals surface area contributed by atoms with Gasteiger partial charge in [0, 0.05) is 19.1 Å². The molecule has 1 heterocycles. The Morgan fingerprint density at radius 1 is 1.36 bits per heavy atom. The molecule has 0 radical (unpaired) electrons. The minimum atomic E-state index is 0.395. The molecular weight excluding hydrogens is 136 g/mol. The Labute approximate surface area is 69.9 Å². The van der Waals surface area contributed by atoms with Crippen LogP contribution in [0.15, 0.2) is 0 Å². The molecular formula is C9H20N2. The van der Waals surface area contributed by atoms with Gasteiger partial charge in [0.25, 0.3) is 0 Å². The predicted octanol–water partition coefficient (Wildman–Crippen LogP) is 1.63.